The summed E-state index contributed by atoms with van der Waals surface area (Å²) in [6.45, 7) is 3.14. The van der Waals surface area contributed by atoms with Crippen molar-refractivity contribution in [3.8, 4) is 0 Å². The predicted octanol–water partition coefficient (Wildman–Crippen LogP) is 1.23. The van der Waals surface area contributed by atoms with Gasteiger partial charge in [-0.1, -0.05) is 0 Å². The molecule has 0 saturated carbocycles. The second-order valence-electron chi connectivity index (χ2n) is 5.33. The predicted molar refractivity (Wildman–Crippen MR) is 89.2 cm³/mol. The van der Waals surface area contributed by atoms with Gasteiger partial charge in [0.15, 0.2) is 12.4 Å². The maximum Gasteiger partial charge on any atom is 0.293 e. The monoisotopic (exact) mass is 327 g/mol. The van der Waals surface area contributed by atoms with Crippen LogP contribution in [0.4, 0.5) is 11.4 Å². The number of hydrogen-bond acceptors (Lipinski definition) is 3. The lowest BCUT2D eigenvalue weighted by Gasteiger charge is -2.10. The molecule has 7 heteroatoms. The molecule has 2 rings (SSSR count). The van der Waals surface area contributed by atoms with Gasteiger partial charge in [0.25, 0.3) is 11.8 Å². The molecule has 2 aromatic rings. The average molecular weight is 327 g/mol. The highest BCUT2D eigenvalue weighted by Gasteiger charge is 2.23. The number of benzene rings is 1. The van der Waals surface area contributed by atoms with E-state index in [1.165, 1.54) is 13.1 Å². The maximum atomic E-state index is 12.3. The quantitative estimate of drug-likeness (QED) is 0.719. The van der Waals surface area contributed by atoms with E-state index in [-0.39, 0.29) is 11.8 Å². The van der Waals surface area contributed by atoms with Gasteiger partial charge in [-0.15, -0.1) is 0 Å². The number of rotatable bonds is 5. The zero-order valence-electron chi connectivity index (χ0n) is 13.4. The number of aromatic nitrogens is 1. The number of hydrogen-bond donors (Lipinski definition) is 3. The van der Waals surface area contributed by atoms with Crippen molar-refractivity contribution in [1.82, 2.24) is 0 Å². The third kappa shape index (κ3) is 4.39. The smallest absolute Gasteiger partial charge is 0.293 e. The molecule has 7 nitrogen and oxygen atoms in total. The van der Waals surface area contributed by atoms with Crippen LogP contribution < -0.4 is 20.9 Å². The summed E-state index contributed by atoms with van der Waals surface area (Å²) in [4.78, 5) is 34.5. The van der Waals surface area contributed by atoms with Gasteiger partial charge >= 0.3 is 0 Å². The van der Waals surface area contributed by atoms with Gasteiger partial charge in [-0.25, -0.2) is 0 Å². The van der Waals surface area contributed by atoms with Crippen LogP contribution in [0, 0.1) is 0 Å². The number of anilines is 2. The molecule has 4 N–H and O–H groups in total. The SMILES string of the molecule is CC(=O)Nc1ccc(NC(=O)[C@H](C)[n+]2cccc(C(N)=O)c2)cc1. The van der Waals surface area contributed by atoms with Crippen molar-refractivity contribution in [2.45, 2.75) is 19.9 Å². The molecule has 0 spiro atoms. The molecule has 1 atom stereocenters. The summed E-state index contributed by atoms with van der Waals surface area (Å²) >= 11 is 0. The summed E-state index contributed by atoms with van der Waals surface area (Å²) < 4.78 is 1.61. The molecule has 1 aromatic heterocycles. The maximum absolute atomic E-state index is 12.3. The molecule has 0 aliphatic rings. The third-order valence-corrected chi connectivity index (χ3v) is 3.41. The van der Waals surface area contributed by atoms with E-state index in [1.807, 2.05) is 0 Å². The molecule has 1 aromatic carbocycles. The second kappa shape index (κ2) is 7.36. The summed E-state index contributed by atoms with van der Waals surface area (Å²) in [5.41, 5.74) is 6.83. The molecular weight excluding hydrogens is 308 g/mol. The van der Waals surface area contributed by atoms with Gasteiger partial charge in [0.05, 0.1) is 0 Å². The van der Waals surface area contributed by atoms with Crippen molar-refractivity contribution in [3.05, 3.63) is 54.4 Å². The Morgan fingerprint density at radius 3 is 2.17 bits per heavy atom. The summed E-state index contributed by atoms with van der Waals surface area (Å²) in [6, 6.07) is 9.50. The number of carbonyl (C=O) groups is 3. The van der Waals surface area contributed by atoms with E-state index in [9.17, 15) is 14.4 Å². The van der Waals surface area contributed by atoms with E-state index >= 15 is 0 Å². The van der Waals surface area contributed by atoms with Gasteiger partial charge < -0.3 is 16.4 Å². The van der Waals surface area contributed by atoms with Crippen LogP contribution in [-0.4, -0.2) is 17.7 Å². The van der Waals surface area contributed by atoms with Crippen LogP contribution in [0.1, 0.15) is 30.2 Å². The summed E-state index contributed by atoms with van der Waals surface area (Å²) in [5, 5.41) is 5.43. The van der Waals surface area contributed by atoms with Crippen molar-refractivity contribution in [2.75, 3.05) is 10.6 Å². The Morgan fingerprint density at radius 2 is 1.62 bits per heavy atom. The van der Waals surface area contributed by atoms with Gasteiger partial charge in [-0.05, 0) is 30.3 Å². The van der Waals surface area contributed by atoms with Crippen LogP contribution in [0.2, 0.25) is 0 Å². The number of nitrogens with one attached hydrogen (secondary N) is 2. The number of amides is 3. The molecule has 0 aliphatic heterocycles. The lowest BCUT2D eigenvalue weighted by Crippen LogP contribution is -2.44. The molecule has 3 amide bonds. The summed E-state index contributed by atoms with van der Waals surface area (Å²) in [6.07, 6.45) is 3.23. The van der Waals surface area contributed by atoms with E-state index in [0.29, 0.717) is 16.9 Å². The van der Waals surface area contributed by atoms with E-state index in [1.54, 1.807) is 54.1 Å². The van der Waals surface area contributed by atoms with E-state index in [4.69, 9.17) is 5.73 Å². The molecule has 0 radical (unpaired) electrons. The van der Waals surface area contributed by atoms with Crippen molar-refractivity contribution < 1.29 is 19.0 Å². The van der Waals surface area contributed by atoms with Crippen molar-refractivity contribution >= 4 is 29.1 Å². The minimum atomic E-state index is -0.550. The Bertz CT molecular complexity index is 772. The van der Waals surface area contributed by atoms with E-state index in [0.717, 1.165) is 0 Å². The fourth-order valence-corrected chi connectivity index (χ4v) is 2.10. The Hall–Kier alpha value is -3.22. The van der Waals surface area contributed by atoms with Gasteiger partial charge in [0, 0.05) is 31.3 Å². The number of nitrogens with zero attached hydrogens (tertiary/aromatic N) is 1. The Balaban J connectivity index is 2.07. The van der Waals surface area contributed by atoms with E-state index in [2.05, 4.69) is 10.6 Å². The Kier molecular flexibility index (Phi) is 5.26. The highest BCUT2D eigenvalue weighted by Crippen LogP contribution is 2.14. The number of primary amides is 1. The van der Waals surface area contributed by atoms with Gasteiger partial charge in [-0.3, -0.25) is 14.4 Å². The van der Waals surface area contributed by atoms with Crippen LogP contribution in [0.5, 0.6) is 0 Å². The fraction of sp³-hybridized carbons (Fsp3) is 0.176. The second-order valence-corrected chi connectivity index (χ2v) is 5.33. The minimum absolute atomic E-state index is 0.161. The van der Waals surface area contributed by atoms with Crippen molar-refractivity contribution in [3.63, 3.8) is 0 Å². The molecule has 124 valence electrons. The van der Waals surface area contributed by atoms with Crippen molar-refractivity contribution in [2.24, 2.45) is 5.73 Å². The van der Waals surface area contributed by atoms with Crippen molar-refractivity contribution in [1.29, 1.82) is 0 Å². The van der Waals surface area contributed by atoms with Crippen LogP contribution in [0.25, 0.3) is 0 Å². The topological polar surface area (TPSA) is 105 Å². The third-order valence-electron chi connectivity index (χ3n) is 3.41. The molecule has 0 saturated heterocycles. The first kappa shape index (κ1) is 17.1. The van der Waals surface area contributed by atoms with Gasteiger partial charge in [0.2, 0.25) is 11.9 Å². The van der Waals surface area contributed by atoms with E-state index < -0.39 is 11.9 Å². The fourth-order valence-electron chi connectivity index (χ4n) is 2.10. The molecule has 1 heterocycles. The zero-order valence-corrected chi connectivity index (χ0v) is 13.4. The molecule has 0 unspecified atom stereocenters. The average Bonchev–Trinajstić information content (AvgIpc) is 2.55. The minimum Gasteiger partial charge on any atom is -0.365 e. The van der Waals surface area contributed by atoms with Crippen LogP contribution in [-0.2, 0) is 9.59 Å². The molecular formula is C17H19N4O3+. The van der Waals surface area contributed by atoms with Gasteiger partial charge in [0.1, 0.15) is 5.56 Å². The number of carbonyl (C=O) groups excluding carboxylic acids is 3. The number of pyridine rings is 1. The first-order chi connectivity index (χ1) is 11.4. The highest BCUT2D eigenvalue weighted by molar-refractivity contribution is 5.94. The van der Waals surface area contributed by atoms with Crippen LogP contribution in [0.15, 0.2) is 48.8 Å². The Labute approximate surface area is 139 Å². The standard InChI is InChI=1S/C17H18N4O3/c1-11(21-9-3-4-13(10-21)16(18)23)17(24)20-15-7-5-14(6-8-15)19-12(2)22/h3-11H,1-2H3,(H3-,18,19,20,22,23,24)/p+1/t11-/m0/s1. The molecule has 0 fully saturated rings. The van der Waals surface area contributed by atoms with Gasteiger partial charge in [-0.2, -0.15) is 4.57 Å². The molecule has 0 aliphatic carbocycles. The number of nitrogens with two attached hydrogens (primary N) is 1. The zero-order chi connectivity index (χ0) is 17.7. The normalized spacial score (nSPS) is 11.4. The largest absolute Gasteiger partial charge is 0.365 e. The van der Waals surface area contributed by atoms with Crippen LogP contribution in [0.3, 0.4) is 0 Å². The Morgan fingerprint density at radius 1 is 1.04 bits per heavy atom. The summed E-state index contributed by atoms with van der Waals surface area (Å²) in [7, 11) is 0. The van der Waals surface area contributed by atoms with Crippen LogP contribution >= 0.6 is 0 Å². The molecule has 0 bridgehead atoms. The molecule has 24 heavy (non-hydrogen) atoms. The first-order valence-electron chi connectivity index (χ1n) is 7.36. The first-order valence-corrected chi connectivity index (χ1v) is 7.36. The summed E-state index contributed by atoms with van der Waals surface area (Å²) in [5.74, 6) is -0.953. The highest BCUT2D eigenvalue weighted by atomic mass is 16.2. The lowest BCUT2D eigenvalue weighted by molar-refractivity contribution is -0.705. The lowest BCUT2D eigenvalue weighted by atomic mass is 10.2.